The minimum absolute atomic E-state index is 0.113. The van der Waals surface area contributed by atoms with Crippen LogP contribution >= 0.6 is 0 Å². The Balaban J connectivity index is 2.40. The van der Waals surface area contributed by atoms with Crippen molar-refractivity contribution in [2.24, 2.45) is 10.7 Å². The molecule has 1 rings (SSSR count). The number of hydrogen-bond acceptors (Lipinski definition) is 3. The average molecular weight is 215 g/mol. The van der Waals surface area contributed by atoms with Gasteiger partial charge in [-0.3, -0.25) is 4.99 Å². The molecule has 0 amide bonds. The van der Waals surface area contributed by atoms with Crippen LogP contribution in [-0.2, 0) is 9.47 Å². The van der Waals surface area contributed by atoms with E-state index >= 15 is 0 Å². The Morgan fingerprint density at radius 2 is 2.47 bits per heavy atom. The topological polar surface area (TPSA) is 60.1 Å². The van der Waals surface area contributed by atoms with Crippen LogP contribution in [0.2, 0.25) is 0 Å². The van der Waals surface area contributed by atoms with Crippen molar-refractivity contribution in [3.63, 3.8) is 0 Å². The number of nitrogens with zero attached hydrogens (tertiary/aromatic N) is 2. The van der Waals surface area contributed by atoms with Crippen LogP contribution in [0.4, 0.5) is 0 Å². The van der Waals surface area contributed by atoms with E-state index in [2.05, 4.69) is 9.89 Å². The number of hydrogen-bond donors (Lipinski definition) is 1. The lowest BCUT2D eigenvalue weighted by molar-refractivity contribution is 0.00520. The summed E-state index contributed by atoms with van der Waals surface area (Å²) in [5, 5.41) is 0. The molecule has 0 radical (unpaired) electrons. The molecule has 1 saturated heterocycles. The van der Waals surface area contributed by atoms with E-state index < -0.39 is 0 Å². The molecular formula is C10H21N3O2. The fourth-order valence-corrected chi connectivity index (χ4v) is 1.42. The molecule has 15 heavy (non-hydrogen) atoms. The maximum Gasteiger partial charge on any atom is 0.191 e. The Morgan fingerprint density at radius 3 is 3.07 bits per heavy atom. The molecule has 88 valence electrons. The normalized spacial score (nSPS) is 25.4. The first-order chi connectivity index (χ1) is 7.13. The molecule has 0 aromatic rings. The lowest BCUT2D eigenvalue weighted by Crippen LogP contribution is -2.48. The minimum atomic E-state index is 0.113. The third kappa shape index (κ3) is 4.05. The molecular weight excluding hydrogens is 194 g/mol. The molecule has 0 saturated carbocycles. The summed E-state index contributed by atoms with van der Waals surface area (Å²) in [7, 11) is 1.67. The highest BCUT2D eigenvalue weighted by Crippen LogP contribution is 2.03. The van der Waals surface area contributed by atoms with E-state index in [1.165, 1.54) is 0 Å². The van der Waals surface area contributed by atoms with Gasteiger partial charge in [-0.2, -0.15) is 0 Å². The van der Waals surface area contributed by atoms with Gasteiger partial charge in [0, 0.05) is 20.2 Å². The van der Waals surface area contributed by atoms with Gasteiger partial charge in [0.05, 0.1) is 25.4 Å². The maximum atomic E-state index is 5.88. The van der Waals surface area contributed by atoms with E-state index in [-0.39, 0.29) is 12.2 Å². The lowest BCUT2D eigenvalue weighted by atomic mass is 10.3. The molecule has 0 aromatic carbocycles. The van der Waals surface area contributed by atoms with Crippen LogP contribution in [0.25, 0.3) is 0 Å². The van der Waals surface area contributed by atoms with Crippen LogP contribution in [0.5, 0.6) is 0 Å². The van der Waals surface area contributed by atoms with Gasteiger partial charge in [0.25, 0.3) is 0 Å². The summed E-state index contributed by atoms with van der Waals surface area (Å²) >= 11 is 0. The molecule has 1 aliphatic heterocycles. The second-order valence-corrected chi connectivity index (χ2v) is 3.87. The van der Waals surface area contributed by atoms with Gasteiger partial charge in [0.15, 0.2) is 5.96 Å². The van der Waals surface area contributed by atoms with Gasteiger partial charge in [-0.1, -0.05) is 0 Å². The standard InChI is InChI=1S/C10H21N3O2/c1-8(14-3)6-12-10(11)13-4-5-15-9(2)7-13/h8-9H,4-7H2,1-3H3,(H2,11,12). The van der Waals surface area contributed by atoms with Crippen molar-refractivity contribution in [2.75, 3.05) is 33.4 Å². The monoisotopic (exact) mass is 215 g/mol. The number of methoxy groups -OCH3 is 1. The summed E-state index contributed by atoms with van der Waals surface area (Å²) in [4.78, 5) is 6.34. The van der Waals surface area contributed by atoms with Gasteiger partial charge in [-0.25, -0.2) is 0 Å². The van der Waals surface area contributed by atoms with E-state index in [9.17, 15) is 0 Å². The molecule has 1 heterocycles. The fourth-order valence-electron chi connectivity index (χ4n) is 1.42. The zero-order valence-corrected chi connectivity index (χ0v) is 9.77. The molecule has 5 nitrogen and oxygen atoms in total. The van der Waals surface area contributed by atoms with Crippen LogP contribution in [0.15, 0.2) is 4.99 Å². The first-order valence-electron chi connectivity index (χ1n) is 5.32. The molecule has 0 aromatic heterocycles. The van der Waals surface area contributed by atoms with Crippen molar-refractivity contribution in [1.82, 2.24) is 4.90 Å². The number of morpholine rings is 1. The largest absolute Gasteiger partial charge is 0.380 e. The van der Waals surface area contributed by atoms with E-state index in [0.29, 0.717) is 12.5 Å². The fraction of sp³-hybridized carbons (Fsp3) is 0.900. The Hall–Kier alpha value is -0.810. The second-order valence-electron chi connectivity index (χ2n) is 3.87. The van der Waals surface area contributed by atoms with Crippen molar-refractivity contribution in [1.29, 1.82) is 0 Å². The Bertz CT molecular complexity index is 221. The summed E-state index contributed by atoms with van der Waals surface area (Å²) < 4.78 is 10.5. The van der Waals surface area contributed by atoms with E-state index in [0.717, 1.165) is 19.7 Å². The third-order valence-electron chi connectivity index (χ3n) is 2.48. The maximum absolute atomic E-state index is 5.88. The number of nitrogens with two attached hydrogens (primary N) is 1. The number of rotatable bonds is 3. The molecule has 0 bridgehead atoms. The summed E-state index contributed by atoms with van der Waals surface area (Å²) in [6, 6.07) is 0. The van der Waals surface area contributed by atoms with Gasteiger partial charge >= 0.3 is 0 Å². The number of guanidine groups is 1. The van der Waals surface area contributed by atoms with Crippen molar-refractivity contribution in [3.8, 4) is 0 Å². The lowest BCUT2D eigenvalue weighted by Gasteiger charge is -2.31. The molecule has 1 fully saturated rings. The molecule has 2 unspecified atom stereocenters. The first-order valence-corrected chi connectivity index (χ1v) is 5.32. The zero-order valence-electron chi connectivity index (χ0n) is 9.77. The molecule has 2 atom stereocenters. The van der Waals surface area contributed by atoms with E-state index in [1.807, 2.05) is 13.8 Å². The van der Waals surface area contributed by atoms with Gasteiger partial charge in [0.1, 0.15) is 0 Å². The Kier molecular flexibility index (Phi) is 4.84. The van der Waals surface area contributed by atoms with Gasteiger partial charge in [0.2, 0.25) is 0 Å². The molecule has 1 aliphatic rings. The van der Waals surface area contributed by atoms with Crippen LogP contribution in [0.3, 0.4) is 0 Å². The van der Waals surface area contributed by atoms with E-state index in [1.54, 1.807) is 7.11 Å². The first kappa shape index (κ1) is 12.3. The minimum Gasteiger partial charge on any atom is -0.380 e. The average Bonchev–Trinajstić information content (AvgIpc) is 2.25. The predicted octanol–water partition coefficient (Wildman–Crippen LogP) is 0.0567. The smallest absolute Gasteiger partial charge is 0.191 e. The van der Waals surface area contributed by atoms with Gasteiger partial charge in [-0.15, -0.1) is 0 Å². The SMILES string of the molecule is COC(C)CN=C(N)N1CCOC(C)C1. The van der Waals surface area contributed by atoms with Crippen molar-refractivity contribution < 1.29 is 9.47 Å². The summed E-state index contributed by atoms with van der Waals surface area (Å²) in [5.41, 5.74) is 5.88. The number of ether oxygens (including phenoxy) is 2. The molecule has 5 heteroatoms. The summed E-state index contributed by atoms with van der Waals surface area (Å²) in [5.74, 6) is 0.592. The van der Waals surface area contributed by atoms with Gasteiger partial charge < -0.3 is 20.1 Å². The van der Waals surface area contributed by atoms with Crippen LogP contribution in [0, 0.1) is 0 Å². The van der Waals surface area contributed by atoms with Crippen molar-refractivity contribution in [2.45, 2.75) is 26.1 Å². The Morgan fingerprint density at radius 1 is 1.73 bits per heavy atom. The van der Waals surface area contributed by atoms with Gasteiger partial charge in [-0.05, 0) is 13.8 Å². The molecule has 2 N–H and O–H groups in total. The second kappa shape index (κ2) is 5.92. The zero-order chi connectivity index (χ0) is 11.3. The van der Waals surface area contributed by atoms with Crippen LogP contribution in [-0.4, -0.2) is 56.4 Å². The highest BCUT2D eigenvalue weighted by molar-refractivity contribution is 5.78. The molecule has 0 aliphatic carbocycles. The molecule has 0 spiro atoms. The Labute approximate surface area is 91.2 Å². The van der Waals surface area contributed by atoms with Crippen molar-refractivity contribution in [3.05, 3.63) is 0 Å². The van der Waals surface area contributed by atoms with E-state index in [4.69, 9.17) is 15.2 Å². The summed E-state index contributed by atoms with van der Waals surface area (Å²) in [6.45, 7) is 6.97. The number of aliphatic imine (C=N–C) groups is 1. The van der Waals surface area contributed by atoms with Crippen LogP contribution < -0.4 is 5.73 Å². The van der Waals surface area contributed by atoms with Crippen molar-refractivity contribution >= 4 is 5.96 Å². The highest BCUT2D eigenvalue weighted by atomic mass is 16.5. The van der Waals surface area contributed by atoms with Crippen LogP contribution in [0.1, 0.15) is 13.8 Å². The quantitative estimate of drug-likeness (QED) is 0.534. The summed E-state index contributed by atoms with van der Waals surface area (Å²) in [6.07, 6.45) is 0.342. The predicted molar refractivity (Wildman–Crippen MR) is 59.9 cm³/mol. The third-order valence-corrected chi connectivity index (χ3v) is 2.48. The highest BCUT2D eigenvalue weighted by Gasteiger charge is 2.17.